The SMILES string of the molecule is Cc1cc(Br)cc(C(=O)N2C3CCC2CC(Br)C3)c1. The molecule has 2 atom stereocenters. The van der Waals surface area contributed by atoms with Crippen molar-refractivity contribution < 1.29 is 4.79 Å². The summed E-state index contributed by atoms with van der Waals surface area (Å²) in [5.41, 5.74) is 1.94. The number of benzene rings is 1. The number of carbonyl (C=O) groups is 1. The van der Waals surface area contributed by atoms with Gasteiger partial charge >= 0.3 is 0 Å². The fourth-order valence-electron chi connectivity index (χ4n) is 3.45. The number of alkyl halides is 1. The lowest BCUT2D eigenvalue weighted by molar-refractivity contribution is 0.0603. The minimum absolute atomic E-state index is 0.205. The van der Waals surface area contributed by atoms with Crippen molar-refractivity contribution in [2.75, 3.05) is 0 Å². The van der Waals surface area contributed by atoms with Crippen molar-refractivity contribution in [1.29, 1.82) is 0 Å². The van der Waals surface area contributed by atoms with E-state index in [1.807, 2.05) is 25.1 Å². The third-order valence-corrected chi connectivity index (χ3v) is 5.40. The Morgan fingerprint density at radius 3 is 2.42 bits per heavy atom. The lowest BCUT2D eigenvalue weighted by atomic mass is 10.0. The molecule has 1 aromatic rings. The zero-order chi connectivity index (χ0) is 13.6. The molecule has 3 rings (SSSR count). The van der Waals surface area contributed by atoms with Crippen molar-refractivity contribution in [1.82, 2.24) is 4.90 Å². The molecule has 0 N–H and O–H groups in total. The molecule has 1 aromatic carbocycles. The van der Waals surface area contributed by atoms with Crippen LogP contribution in [0.4, 0.5) is 0 Å². The molecule has 0 saturated carbocycles. The number of rotatable bonds is 1. The van der Waals surface area contributed by atoms with Crippen molar-refractivity contribution in [3.8, 4) is 0 Å². The third-order valence-electron chi connectivity index (χ3n) is 4.20. The number of amides is 1. The number of nitrogens with zero attached hydrogens (tertiary/aromatic N) is 1. The van der Waals surface area contributed by atoms with Gasteiger partial charge in [-0.05, 0) is 56.4 Å². The fourth-order valence-corrected chi connectivity index (χ4v) is 4.92. The molecule has 0 spiro atoms. The van der Waals surface area contributed by atoms with Crippen LogP contribution >= 0.6 is 31.9 Å². The molecule has 2 aliphatic rings. The second kappa shape index (κ2) is 5.21. The second-order valence-electron chi connectivity index (χ2n) is 5.68. The molecule has 2 heterocycles. The molecule has 1 amide bonds. The van der Waals surface area contributed by atoms with E-state index in [0.717, 1.165) is 41.3 Å². The van der Waals surface area contributed by atoms with Crippen LogP contribution < -0.4 is 0 Å². The fraction of sp³-hybridized carbons (Fsp3) is 0.533. The molecule has 19 heavy (non-hydrogen) atoms. The minimum atomic E-state index is 0.205. The van der Waals surface area contributed by atoms with Crippen molar-refractivity contribution in [2.45, 2.75) is 49.5 Å². The van der Waals surface area contributed by atoms with Crippen LogP contribution in [0, 0.1) is 6.92 Å². The van der Waals surface area contributed by atoms with E-state index in [2.05, 4.69) is 36.8 Å². The molecule has 0 aliphatic carbocycles. The number of aryl methyl sites for hydroxylation is 1. The number of piperidine rings is 1. The number of hydrogen-bond acceptors (Lipinski definition) is 1. The van der Waals surface area contributed by atoms with Gasteiger partial charge in [0.15, 0.2) is 0 Å². The molecule has 2 fully saturated rings. The first kappa shape index (κ1) is 13.6. The predicted molar refractivity (Wildman–Crippen MR) is 83.8 cm³/mol. The van der Waals surface area contributed by atoms with Crippen LogP contribution in [0.5, 0.6) is 0 Å². The van der Waals surface area contributed by atoms with Crippen LogP contribution in [0.2, 0.25) is 0 Å². The maximum absolute atomic E-state index is 12.8. The Labute approximate surface area is 130 Å². The van der Waals surface area contributed by atoms with Crippen LogP contribution in [0.3, 0.4) is 0 Å². The normalized spacial score (nSPS) is 29.6. The summed E-state index contributed by atoms with van der Waals surface area (Å²) < 4.78 is 0.985. The largest absolute Gasteiger partial charge is 0.333 e. The van der Waals surface area contributed by atoms with Crippen LogP contribution in [0.1, 0.15) is 41.6 Å². The van der Waals surface area contributed by atoms with Crippen LogP contribution in [0.25, 0.3) is 0 Å². The Hall–Kier alpha value is -0.350. The van der Waals surface area contributed by atoms with E-state index in [-0.39, 0.29) is 5.91 Å². The summed E-state index contributed by atoms with van der Waals surface area (Å²) in [6, 6.07) is 6.82. The molecular weight excluding hydrogens is 370 g/mol. The first-order valence-corrected chi connectivity index (χ1v) is 8.49. The smallest absolute Gasteiger partial charge is 0.254 e. The first-order valence-electron chi connectivity index (χ1n) is 6.78. The molecule has 2 bridgehead atoms. The first-order chi connectivity index (χ1) is 9.04. The highest BCUT2D eigenvalue weighted by Crippen LogP contribution is 2.39. The van der Waals surface area contributed by atoms with Crippen molar-refractivity contribution in [3.63, 3.8) is 0 Å². The molecule has 4 heteroatoms. The number of carbonyl (C=O) groups excluding carboxylic acids is 1. The summed E-state index contributed by atoms with van der Waals surface area (Å²) in [6.07, 6.45) is 4.50. The Morgan fingerprint density at radius 2 is 1.84 bits per heavy atom. The average Bonchev–Trinajstić information content (AvgIpc) is 2.59. The summed E-state index contributed by atoms with van der Waals surface area (Å²) in [5.74, 6) is 0.205. The zero-order valence-electron chi connectivity index (χ0n) is 10.9. The molecule has 0 aromatic heterocycles. The van der Waals surface area contributed by atoms with Crippen molar-refractivity contribution in [3.05, 3.63) is 33.8 Å². The van der Waals surface area contributed by atoms with Gasteiger partial charge in [-0.2, -0.15) is 0 Å². The number of fused-ring (bicyclic) bond motifs is 2. The molecular formula is C15H17Br2NO. The highest BCUT2D eigenvalue weighted by atomic mass is 79.9. The predicted octanol–water partition coefficient (Wildman–Crippen LogP) is 4.29. The topological polar surface area (TPSA) is 20.3 Å². The highest BCUT2D eigenvalue weighted by Gasteiger charge is 2.42. The summed E-state index contributed by atoms with van der Waals surface area (Å²) in [6.45, 7) is 2.03. The average molecular weight is 387 g/mol. The maximum atomic E-state index is 12.8. The Morgan fingerprint density at radius 1 is 1.21 bits per heavy atom. The van der Waals surface area contributed by atoms with Crippen LogP contribution in [-0.2, 0) is 0 Å². The molecule has 2 aliphatic heterocycles. The summed E-state index contributed by atoms with van der Waals surface area (Å²) >= 11 is 7.20. The second-order valence-corrected chi connectivity index (χ2v) is 7.89. The van der Waals surface area contributed by atoms with E-state index < -0.39 is 0 Å². The Bertz CT molecular complexity index is 483. The van der Waals surface area contributed by atoms with E-state index in [9.17, 15) is 4.79 Å². The molecule has 2 saturated heterocycles. The van der Waals surface area contributed by atoms with Gasteiger partial charge in [0.25, 0.3) is 5.91 Å². The molecule has 2 nitrogen and oxygen atoms in total. The van der Waals surface area contributed by atoms with Gasteiger partial charge in [0.05, 0.1) is 0 Å². The molecule has 2 unspecified atom stereocenters. The van der Waals surface area contributed by atoms with E-state index in [0.29, 0.717) is 16.9 Å². The molecule has 0 radical (unpaired) electrons. The summed E-state index contributed by atoms with van der Waals surface area (Å²) in [5, 5.41) is 0. The van der Waals surface area contributed by atoms with Gasteiger partial charge in [-0.3, -0.25) is 4.79 Å². The van der Waals surface area contributed by atoms with Gasteiger partial charge in [-0.15, -0.1) is 0 Å². The zero-order valence-corrected chi connectivity index (χ0v) is 14.1. The Kier molecular flexibility index (Phi) is 3.73. The van der Waals surface area contributed by atoms with Gasteiger partial charge in [-0.25, -0.2) is 0 Å². The van der Waals surface area contributed by atoms with Gasteiger partial charge in [-0.1, -0.05) is 31.9 Å². The van der Waals surface area contributed by atoms with E-state index in [4.69, 9.17) is 0 Å². The van der Waals surface area contributed by atoms with Gasteiger partial charge in [0, 0.05) is 26.9 Å². The quantitative estimate of drug-likeness (QED) is 0.659. The minimum Gasteiger partial charge on any atom is -0.333 e. The lowest BCUT2D eigenvalue weighted by Gasteiger charge is -2.37. The maximum Gasteiger partial charge on any atom is 0.254 e. The monoisotopic (exact) mass is 385 g/mol. The van der Waals surface area contributed by atoms with Crippen LogP contribution in [-0.4, -0.2) is 27.7 Å². The van der Waals surface area contributed by atoms with Gasteiger partial charge in [0.1, 0.15) is 0 Å². The molecule has 102 valence electrons. The number of hydrogen-bond donors (Lipinski definition) is 0. The van der Waals surface area contributed by atoms with Crippen molar-refractivity contribution >= 4 is 37.8 Å². The van der Waals surface area contributed by atoms with E-state index in [1.54, 1.807) is 0 Å². The highest BCUT2D eigenvalue weighted by molar-refractivity contribution is 9.10. The third kappa shape index (κ3) is 2.62. The van der Waals surface area contributed by atoms with Gasteiger partial charge < -0.3 is 4.90 Å². The van der Waals surface area contributed by atoms with E-state index >= 15 is 0 Å². The standard InChI is InChI=1S/C15H17Br2NO/c1-9-4-10(6-11(16)5-9)15(19)18-13-2-3-14(18)8-12(17)7-13/h4-6,12-14H,2-3,7-8H2,1H3. The van der Waals surface area contributed by atoms with Gasteiger partial charge in [0.2, 0.25) is 0 Å². The lowest BCUT2D eigenvalue weighted by Crippen LogP contribution is -2.46. The Balaban J connectivity index is 1.88. The summed E-state index contributed by atoms with van der Waals surface area (Å²) in [7, 11) is 0. The number of halogens is 2. The van der Waals surface area contributed by atoms with Crippen LogP contribution in [0.15, 0.2) is 22.7 Å². The van der Waals surface area contributed by atoms with E-state index in [1.165, 1.54) is 0 Å². The summed E-state index contributed by atoms with van der Waals surface area (Å²) in [4.78, 5) is 15.5. The van der Waals surface area contributed by atoms with Crippen molar-refractivity contribution in [2.24, 2.45) is 0 Å².